The van der Waals surface area contributed by atoms with Gasteiger partial charge in [0.2, 0.25) is 5.82 Å². The highest BCUT2D eigenvalue weighted by molar-refractivity contribution is 7.99. The zero-order valence-electron chi connectivity index (χ0n) is 19.6. The number of pyridine rings is 1. The first-order chi connectivity index (χ1) is 16.8. The largest absolute Gasteiger partial charge is 0.340 e. The van der Waals surface area contributed by atoms with E-state index < -0.39 is 0 Å². The Hall–Kier alpha value is -3.23. The van der Waals surface area contributed by atoms with Gasteiger partial charge < -0.3 is 4.90 Å². The Balaban J connectivity index is 1.39. The molecular formula is C26H29N7S. The van der Waals surface area contributed by atoms with Crippen molar-refractivity contribution in [3.05, 3.63) is 72.6 Å². The number of hydrogen-bond donors (Lipinski definition) is 1. The van der Waals surface area contributed by atoms with Gasteiger partial charge in [-0.25, -0.2) is 0 Å². The second-order valence-electron chi connectivity index (χ2n) is 8.37. The van der Waals surface area contributed by atoms with E-state index in [1.807, 2.05) is 12.3 Å². The van der Waals surface area contributed by atoms with E-state index in [9.17, 15) is 0 Å². The Kier molecular flexibility index (Phi) is 6.87. The number of nitrogens with one attached hydrogen (secondary N) is 1. The maximum absolute atomic E-state index is 4.55. The van der Waals surface area contributed by atoms with Gasteiger partial charge in [0.1, 0.15) is 0 Å². The first-order valence-corrected chi connectivity index (χ1v) is 12.6. The highest BCUT2D eigenvalue weighted by Crippen LogP contribution is 2.49. The van der Waals surface area contributed by atoms with Crippen LogP contribution in [0.1, 0.15) is 32.4 Å². The summed E-state index contributed by atoms with van der Waals surface area (Å²) in [5.74, 6) is 0.618. The zero-order valence-corrected chi connectivity index (χ0v) is 20.4. The smallest absolute Gasteiger partial charge is 0.204 e. The molecular weight excluding hydrogens is 442 g/mol. The van der Waals surface area contributed by atoms with Crippen LogP contribution in [0.25, 0.3) is 11.4 Å². The molecule has 0 aliphatic carbocycles. The number of anilines is 2. The van der Waals surface area contributed by atoms with E-state index in [0.717, 1.165) is 43.7 Å². The van der Waals surface area contributed by atoms with Crippen molar-refractivity contribution in [2.75, 3.05) is 18.0 Å². The summed E-state index contributed by atoms with van der Waals surface area (Å²) < 4.78 is 0. The molecule has 0 saturated heterocycles. The number of aromatic amines is 1. The van der Waals surface area contributed by atoms with Crippen molar-refractivity contribution >= 4 is 23.1 Å². The van der Waals surface area contributed by atoms with E-state index in [-0.39, 0.29) is 0 Å². The number of tetrazole rings is 1. The fourth-order valence-corrected chi connectivity index (χ4v) is 5.75. The van der Waals surface area contributed by atoms with Gasteiger partial charge in [-0.2, -0.15) is 5.21 Å². The summed E-state index contributed by atoms with van der Waals surface area (Å²) in [4.78, 5) is 12.1. The summed E-state index contributed by atoms with van der Waals surface area (Å²) >= 11 is 1.80. The molecule has 7 nitrogen and oxygen atoms in total. The van der Waals surface area contributed by atoms with Crippen molar-refractivity contribution in [3.8, 4) is 11.4 Å². The number of rotatable bonds is 9. The van der Waals surface area contributed by atoms with Crippen LogP contribution < -0.4 is 4.90 Å². The highest BCUT2D eigenvalue weighted by atomic mass is 32.2. The molecule has 0 fully saturated rings. The lowest BCUT2D eigenvalue weighted by atomic mass is 10.1. The predicted octanol–water partition coefficient (Wildman–Crippen LogP) is 5.56. The summed E-state index contributed by atoms with van der Waals surface area (Å²) in [6, 6.07) is 21.8. The van der Waals surface area contributed by atoms with Gasteiger partial charge in [-0.3, -0.25) is 9.88 Å². The van der Waals surface area contributed by atoms with Gasteiger partial charge in [-0.05, 0) is 67.1 Å². The number of fused-ring (bicyclic) bond motifs is 2. The average Bonchev–Trinajstić information content (AvgIpc) is 3.43. The number of aromatic nitrogens is 5. The fourth-order valence-electron chi connectivity index (χ4n) is 4.62. The lowest BCUT2D eigenvalue weighted by molar-refractivity contribution is 0.182. The Bertz CT molecular complexity index is 1210. The summed E-state index contributed by atoms with van der Waals surface area (Å²) in [6.45, 7) is 7.37. The predicted molar refractivity (Wildman–Crippen MR) is 136 cm³/mol. The number of para-hydroxylation sites is 1. The number of H-pyrrole nitrogens is 1. The molecule has 0 saturated carbocycles. The SMILES string of the molecule is CCC(CCN1c2ccccc2Sc2cc(-c3nn[nH]n3)ccc21)N(CC)Cc1ccccn1. The van der Waals surface area contributed by atoms with Crippen LogP contribution in [0.4, 0.5) is 11.4 Å². The van der Waals surface area contributed by atoms with Crippen LogP contribution in [0.3, 0.4) is 0 Å². The third kappa shape index (κ3) is 4.69. The lowest BCUT2D eigenvalue weighted by Gasteiger charge is -2.36. The maximum Gasteiger partial charge on any atom is 0.204 e. The molecule has 1 unspecified atom stereocenters. The minimum atomic E-state index is 0.482. The Morgan fingerprint density at radius 1 is 1.00 bits per heavy atom. The number of benzene rings is 2. The van der Waals surface area contributed by atoms with Crippen molar-refractivity contribution in [2.24, 2.45) is 0 Å². The summed E-state index contributed by atoms with van der Waals surface area (Å²) in [6.07, 6.45) is 4.06. The Labute approximate surface area is 204 Å². The van der Waals surface area contributed by atoms with E-state index in [4.69, 9.17) is 0 Å². The molecule has 2 aromatic carbocycles. The van der Waals surface area contributed by atoms with Gasteiger partial charge in [0.05, 0.1) is 17.1 Å². The molecule has 34 heavy (non-hydrogen) atoms. The third-order valence-corrected chi connectivity index (χ3v) is 7.51. The van der Waals surface area contributed by atoms with Gasteiger partial charge in [-0.15, -0.1) is 10.2 Å². The van der Waals surface area contributed by atoms with Gasteiger partial charge in [0.25, 0.3) is 0 Å². The molecule has 0 radical (unpaired) electrons. The van der Waals surface area contributed by atoms with Gasteiger partial charge in [0, 0.05) is 40.7 Å². The quantitative estimate of drug-likeness (QED) is 0.343. The molecule has 0 bridgehead atoms. The first-order valence-electron chi connectivity index (χ1n) is 11.8. The second-order valence-corrected chi connectivity index (χ2v) is 9.46. The van der Waals surface area contributed by atoms with Crippen LogP contribution in [-0.2, 0) is 6.54 Å². The van der Waals surface area contributed by atoms with Crippen molar-refractivity contribution in [1.29, 1.82) is 0 Å². The van der Waals surface area contributed by atoms with Crippen molar-refractivity contribution in [2.45, 2.75) is 49.1 Å². The van der Waals surface area contributed by atoms with Crippen LogP contribution in [0.5, 0.6) is 0 Å². The van der Waals surface area contributed by atoms with Crippen molar-refractivity contribution in [3.63, 3.8) is 0 Å². The maximum atomic E-state index is 4.55. The first kappa shape index (κ1) is 22.6. The molecule has 4 aromatic rings. The van der Waals surface area contributed by atoms with Gasteiger partial charge in [0.15, 0.2) is 0 Å². The van der Waals surface area contributed by atoms with Crippen LogP contribution >= 0.6 is 11.8 Å². The summed E-state index contributed by atoms with van der Waals surface area (Å²) in [5, 5.41) is 14.6. The van der Waals surface area contributed by atoms with E-state index in [2.05, 4.69) is 104 Å². The molecule has 1 atom stereocenters. The van der Waals surface area contributed by atoms with Crippen LogP contribution in [0.15, 0.2) is 76.7 Å². The van der Waals surface area contributed by atoms with Crippen molar-refractivity contribution < 1.29 is 0 Å². The lowest BCUT2D eigenvalue weighted by Crippen LogP contribution is -2.37. The third-order valence-electron chi connectivity index (χ3n) is 6.40. The second kappa shape index (κ2) is 10.4. The van der Waals surface area contributed by atoms with Gasteiger partial charge in [-0.1, -0.05) is 43.8 Å². The normalized spacial score (nSPS) is 13.6. The molecule has 8 heteroatoms. The van der Waals surface area contributed by atoms with Crippen molar-refractivity contribution in [1.82, 2.24) is 30.5 Å². The monoisotopic (exact) mass is 471 g/mol. The van der Waals surface area contributed by atoms with Crippen LogP contribution in [0, 0.1) is 0 Å². The van der Waals surface area contributed by atoms with E-state index in [1.54, 1.807) is 11.8 Å². The minimum absolute atomic E-state index is 0.482. The molecule has 5 rings (SSSR count). The number of hydrogen-bond acceptors (Lipinski definition) is 7. The van der Waals surface area contributed by atoms with E-state index in [1.165, 1.54) is 21.2 Å². The van der Waals surface area contributed by atoms with E-state index in [0.29, 0.717) is 11.9 Å². The highest BCUT2D eigenvalue weighted by Gasteiger charge is 2.25. The molecule has 174 valence electrons. The summed E-state index contributed by atoms with van der Waals surface area (Å²) in [5.41, 5.74) is 4.61. The minimum Gasteiger partial charge on any atom is -0.340 e. The Morgan fingerprint density at radius 2 is 1.85 bits per heavy atom. The fraction of sp³-hybridized carbons (Fsp3) is 0.308. The van der Waals surface area contributed by atoms with Crippen LogP contribution in [-0.4, -0.2) is 49.6 Å². The Morgan fingerprint density at radius 3 is 2.62 bits per heavy atom. The topological polar surface area (TPSA) is 73.8 Å². The summed E-state index contributed by atoms with van der Waals surface area (Å²) in [7, 11) is 0. The molecule has 1 N–H and O–H groups in total. The average molecular weight is 472 g/mol. The number of nitrogens with zero attached hydrogens (tertiary/aromatic N) is 6. The molecule has 0 amide bonds. The van der Waals surface area contributed by atoms with Gasteiger partial charge >= 0.3 is 0 Å². The molecule has 2 aromatic heterocycles. The standard InChI is InChI=1S/C26H29N7S/c1-3-21(32(4-2)18-20-9-7-8-15-27-20)14-16-33-22-10-5-6-11-24(22)34-25-17-19(12-13-23(25)33)26-28-30-31-29-26/h5-13,15,17,21H,3-4,14,16,18H2,1-2H3,(H,28,29,30,31). The molecule has 3 heterocycles. The van der Waals surface area contributed by atoms with E-state index >= 15 is 0 Å². The molecule has 1 aliphatic rings. The molecule has 0 spiro atoms. The zero-order chi connectivity index (χ0) is 23.3. The van der Waals surface area contributed by atoms with Crippen LogP contribution in [0.2, 0.25) is 0 Å². The molecule has 1 aliphatic heterocycles.